The number of guanidine groups is 1. The molecule has 1 fully saturated rings. The van der Waals surface area contributed by atoms with Gasteiger partial charge in [-0.1, -0.05) is 19.8 Å². The SMILES string of the molecule is CCNC(=NCC1(CCOC)CCCC1)NCCN(C)C(C)CC.I. The first-order valence-corrected chi connectivity index (χ1v) is 9.78. The van der Waals surface area contributed by atoms with Crippen molar-refractivity contribution >= 4 is 29.9 Å². The molecule has 1 atom stereocenters. The van der Waals surface area contributed by atoms with Crippen LogP contribution < -0.4 is 10.6 Å². The quantitative estimate of drug-likeness (QED) is 0.277. The predicted molar refractivity (Wildman–Crippen MR) is 119 cm³/mol. The van der Waals surface area contributed by atoms with Crippen LogP contribution in [-0.2, 0) is 4.74 Å². The number of methoxy groups -OCH3 is 1. The lowest BCUT2D eigenvalue weighted by Gasteiger charge is -2.27. The highest BCUT2D eigenvalue weighted by Gasteiger charge is 2.33. The molecule has 0 saturated heterocycles. The van der Waals surface area contributed by atoms with Crippen LogP contribution in [0.15, 0.2) is 4.99 Å². The van der Waals surface area contributed by atoms with Crippen LogP contribution in [0.1, 0.15) is 59.3 Å². The van der Waals surface area contributed by atoms with Gasteiger partial charge < -0.3 is 20.3 Å². The van der Waals surface area contributed by atoms with E-state index in [1.165, 1.54) is 32.1 Å². The predicted octanol–water partition coefficient (Wildman–Crippen LogP) is 3.49. The van der Waals surface area contributed by atoms with Gasteiger partial charge in [-0.2, -0.15) is 0 Å². The van der Waals surface area contributed by atoms with Gasteiger partial charge in [-0.15, -0.1) is 24.0 Å². The maximum Gasteiger partial charge on any atom is 0.191 e. The second-order valence-corrected chi connectivity index (χ2v) is 7.31. The number of hydrogen-bond donors (Lipinski definition) is 2. The first-order valence-electron chi connectivity index (χ1n) is 9.78. The number of nitrogens with one attached hydrogen (secondary N) is 2. The lowest BCUT2D eigenvalue weighted by atomic mass is 9.83. The maximum atomic E-state index is 5.32. The summed E-state index contributed by atoms with van der Waals surface area (Å²) < 4.78 is 5.32. The fourth-order valence-electron chi connectivity index (χ4n) is 3.40. The zero-order valence-corrected chi connectivity index (χ0v) is 19.4. The molecule has 1 saturated carbocycles. The summed E-state index contributed by atoms with van der Waals surface area (Å²) in [6.07, 6.45) is 7.56. The molecule has 6 heteroatoms. The zero-order valence-electron chi connectivity index (χ0n) is 17.1. The minimum Gasteiger partial charge on any atom is -0.385 e. The van der Waals surface area contributed by atoms with E-state index in [0.29, 0.717) is 11.5 Å². The van der Waals surface area contributed by atoms with Crippen molar-refractivity contribution in [1.29, 1.82) is 0 Å². The third-order valence-corrected chi connectivity index (χ3v) is 5.52. The number of likely N-dealkylation sites (N-methyl/N-ethyl adjacent to an activating group) is 1. The Bertz CT molecular complexity index is 359. The van der Waals surface area contributed by atoms with E-state index in [1.807, 2.05) is 0 Å². The summed E-state index contributed by atoms with van der Waals surface area (Å²) in [6.45, 7) is 11.3. The van der Waals surface area contributed by atoms with E-state index in [9.17, 15) is 0 Å². The van der Waals surface area contributed by atoms with Gasteiger partial charge in [0.05, 0.1) is 0 Å². The normalized spacial score (nSPS) is 18.1. The maximum absolute atomic E-state index is 5.32. The second-order valence-electron chi connectivity index (χ2n) is 7.31. The Morgan fingerprint density at radius 3 is 2.48 bits per heavy atom. The number of ether oxygens (including phenoxy) is 1. The second kappa shape index (κ2) is 14.0. The Hall–Kier alpha value is -0.0800. The Balaban J connectivity index is 0.00000576. The average molecular weight is 468 g/mol. The highest BCUT2D eigenvalue weighted by Crippen LogP contribution is 2.41. The highest BCUT2D eigenvalue weighted by atomic mass is 127. The standard InChI is InChI=1S/C19H40N4O.HI/c1-6-17(3)23(4)14-13-21-18(20-7-2)22-16-19(12-15-24-5)10-8-9-11-19;/h17H,6-16H2,1-5H3,(H2,20,21,22);1H. The summed E-state index contributed by atoms with van der Waals surface area (Å²) in [5.74, 6) is 0.957. The molecule has 0 aliphatic heterocycles. The van der Waals surface area contributed by atoms with Gasteiger partial charge in [0, 0.05) is 45.9 Å². The van der Waals surface area contributed by atoms with E-state index < -0.39 is 0 Å². The van der Waals surface area contributed by atoms with Crippen molar-refractivity contribution in [3.63, 3.8) is 0 Å². The summed E-state index contributed by atoms with van der Waals surface area (Å²) >= 11 is 0. The van der Waals surface area contributed by atoms with Gasteiger partial charge in [0.25, 0.3) is 0 Å². The number of aliphatic imine (C=N–C) groups is 1. The summed E-state index contributed by atoms with van der Waals surface area (Å²) in [5, 5.41) is 6.88. The van der Waals surface area contributed by atoms with Gasteiger partial charge in [-0.05, 0) is 52.0 Å². The summed E-state index contributed by atoms with van der Waals surface area (Å²) in [5.41, 5.74) is 0.353. The number of hydrogen-bond acceptors (Lipinski definition) is 3. The lowest BCUT2D eigenvalue weighted by Crippen LogP contribution is -2.43. The molecule has 0 heterocycles. The van der Waals surface area contributed by atoms with Gasteiger partial charge in [-0.3, -0.25) is 4.99 Å². The molecule has 0 radical (unpaired) electrons. The molecule has 0 bridgehead atoms. The van der Waals surface area contributed by atoms with Gasteiger partial charge >= 0.3 is 0 Å². The van der Waals surface area contributed by atoms with Crippen LogP contribution in [-0.4, -0.2) is 63.8 Å². The monoisotopic (exact) mass is 468 g/mol. The molecule has 0 amide bonds. The zero-order chi connectivity index (χ0) is 17.8. The van der Waals surface area contributed by atoms with E-state index in [1.54, 1.807) is 7.11 Å². The fraction of sp³-hybridized carbons (Fsp3) is 0.947. The molecule has 0 aromatic carbocycles. The third-order valence-electron chi connectivity index (χ3n) is 5.52. The van der Waals surface area contributed by atoms with Gasteiger partial charge in [0.15, 0.2) is 5.96 Å². The van der Waals surface area contributed by atoms with Crippen molar-refractivity contribution in [3.8, 4) is 0 Å². The molecule has 0 spiro atoms. The summed E-state index contributed by atoms with van der Waals surface area (Å²) in [6, 6.07) is 0.627. The van der Waals surface area contributed by atoms with E-state index in [4.69, 9.17) is 9.73 Å². The van der Waals surface area contributed by atoms with E-state index in [2.05, 4.69) is 43.4 Å². The fourth-order valence-corrected chi connectivity index (χ4v) is 3.40. The van der Waals surface area contributed by atoms with Crippen molar-refractivity contribution in [2.45, 2.75) is 65.3 Å². The molecular formula is C19H41IN4O. The van der Waals surface area contributed by atoms with Gasteiger partial charge in [0.2, 0.25) is 0 Å². The van der Waals surface area contributed by atoms with E-state index in [-0.39, 0.29) is 24.0 Å². The Morgan fingerprint density at radius 2 is 1.92 bits per heavy atom. The largest absolute Gasteiger partial charge is 0.385 e. The highest BCUT2D eigenvalue weighted by molar-refractivity contribution is 14.0. The molecule has 0 aromatic rings. The van der Waals surface area contributed by atoms with Crippen molar-refractivity contribution in [2.75, 3.05) is 46.9 Å². The summed E-state index contributed by atoms with van der Waals surface area (Å²) in [4.78, 5) is 7.30. The van der Waals surface area contributed by atoms with Gasteiger partial charge in [0.1, 0.15) is 0 Å². The first-order chi connectivity index (χ1) is 11.6. The van der Waals surface area contributed by atoms with Crippen LogP contribution in [0, 0.1) is 5.41 Å². The Morgan fingerprint density at radius 1 is 1.24 bits per heavy atom. The molecule has 1 unspecified atom stereocenters. The van der Waals surface area contributed by atoms with Crippen LogP contribution >= 0.6 is 24.0 Å². The molecule has 25 heavy (non-hydrogen) atoms. The number of rotatable bonds is 11. The molecule has 1 aliphatic rings. The van der Waals surface area contributed by atoms with Crippen molar-refractivity contribution in [1.82, 2.24) is 15.5 Å². The Kier molecular flexibility index (Phi) is 14.0. The molecule has 1 rings (SSSR count). The summed E-state index contributed by atoms with van der Waals surface area (Å²) in [7, 11) is 3.99. The van der Waals surface area contributed by atoms with Crippen molar-refractivity contribution in [3.05, 3.63) is 0 Å². The molecule has 5 nitrogen and oxygen atoms in total. The smallest absolute Gasteiger partial charge is 0.191 e. The number of halogens is 1. The van der Waals surface area contributed by atoms with Crippen molar-refractivity contribution in [2.24, 2.45) is 10.4 Å². The van der Waals surface area contributed by atoms with Crippen LogP contribution in [0.2, 0.25) is 0 Å². The van der Waals surface area contributed by atoms with Crippen LogP contribution in [0.5, 0.6) is 0 Å². The minimum atomic E-state index is 0. The molecule has 1 aliphatic carbocycles. The lowest BCUT2D eigenvalue weighted by molar-refractivity contribution is 0.141. The van der Waals surface area contributed by atoms with Gasteiger partial charge in [-0.25, -0.2) is 0 Å². The minimum absolute atomic E-state index is 0. The van der Waals surface area contributed by atoms with E-state index >= 15 is 0 Å². The molecule has 150 valence electrons. The van der Waals surface area contributed by atoms with Crippen LogP contribution in [0.4, 0.5) is 0 Å². The van der Waals surface area contributed by atoms with Crippen LogP contribution in [0.3, 0.4) is 0 Å². The topological polar surface area (TPSA) is 48.9 Å². The molecular weight excluding hydrogens is 427 g/mol. The van der Waals surface area contributed by atoms with Crippen LogP contribution in [0.25, 0.3) is 0 Å². The molecule has 0 aromatic heterocycles. The first kappa shape index (κ1) is 24.9. The molecule has 2 N–H and O–H groups in total. The number of nitrogens with zero attached hydrogens (tertiary/aromatic N) is 2. The Labute approximate surface area is 172 Å². The van der Waals surface area contributed by atoms with Crippen molar-refractivity contribution < 1.29 is 4.74 Å². The van der Waals surface area contributed by atoms with E-state index in [0.717, 1.165) is 45.2 Å². The average Bonchev–Trinajstić information content (AvgIpc) is 3.06. The third kappa shape index (κ3) is 9.43.